The number of aliphatic hydroxyl groups excluding tert-OH is 1. The Morgan fingerprint density at radius 2 is 1.68 bits per heavy atom. The molecule has 5 fully saturated rings. The molecule has 1 amide bonds. The summed E-state index contributed by atoms with van der Waals surface area (Å²) in [5, 5.41) is 10.4. The molecule has 4 saturated carbocycles. The van der Waals surface area contributed by atoms with Crippen LogP contribution in [0.4, 0.5) is 0 Å². The number of amides is 1. The lowest BCUT2D eigenvalue weighted by Gasteiger charge is -2.61. The summed E-state index contributed by atoms with van der Waals surface area (Å²) < 4.78 is 0. The highest BCUT2D eigenvalue weighted by molar-refractivity contribution is 5.76. The fraction of sp³-hybridized carbons (Fsp3) is 0.757. The van der Waals surface area contributed by atoms with E-state index in [9.17, 15) is 9.90 Å². The highest BCUT2D eigenvalue weighted by Crippen LogP contribution is 2.68. The van der Waals surface area contributed by atoms with Gasteiger partial charge >= 0.3 is 0 Å². The number of nitrogens with zero attached hydrogens (tertiary/aromatic N) is 2. The second kappa shape index (κ2) is 12.2. The van der Waals surface area contributed by atoms with E-state index in [1.54, 1.807) is 0 Å². The van der Waals surface area contributed by atoms with Crippen molar-refractivity contribution in [2.24, 2.45) is 46.3 Å². The first-order chi connectivity index (χ1) is 19.8. The summed E-state index contributed by atoms with van der Waals surface area (Å²) in [7, 11) is 0. The number of carbonyl (C=O) groups excluding carboxylic acids is 1. The molecule has 0 bridgehead atoms. The molecule has 0 spiro atoms. The zero-order valence-corrected chi connectivity index (χ0v) is 26.1. The quantitative estimate of drug-likeness (QED) is 0.381. The molecule has 4 nitrogen and oxygen atoms in total. The van der Waals surface area contributed by atoms with Gasteiger partial charge in [-0.25, -0.2) is 0 Å². The minimum atomic E-state index is -0.0520. The summed E-state index contributed by atoms with van der Waals surface area (Å²) in [5.74, 6) is 5.16. The van der Waals surface area contributed by atoms with Crippen molar-refractivity contribution in [3.05, 3.63) is 42.0 Å². The van der Waals surface area contributed by atoms with Gasteiger partial charge in [-0.05, 0) is 116 Å². The summed E-state index contributed by atoms with van der Waals surface area (Å²) in [6, 6.07) is 10.5. The van der Waals surface area contributed by atoms with Crippen LogP contribution in [0.2, 0.25) is 0 Å². The van der Waals surface area contributed by atoms with Gasteiger partial charge in [0.1, 0.15) is 0 Å². The third-order valence-electron chi connectivity index (χ3n) is 13.4. The van der Waals surface area contributed by atoms with Crippen LogP contribution in [0.1, 0.15) is 97.0 Å². The SMILES string of the molecule is C[C@H](CCC(=O)N1CCN(C/C=C/c2ccccc2)CC1)[C@H]1CC[C@H]2[C@@H]3CC[C@@H]4C[C@H](O)CC[C@]4(C)[C@H]3CC[C@]12C. The van der Waals surface area contributed by atoms with E-state index in [2.05, 4.69) is 73.1 Å². The van der Waals surface area contributed by atoms with E-state index in [4.69, 9.17) is 0 Å². The topological polar surface area (TPSA) is 43.8 Å². The molecule has 1 N–H and O–H groups in total. The van der Waals surface area contributed by atoms with Gasteiger partial charge in [0.25, 0.3) is 0 Å². The van der Waals surface area contributed by atoms with Crippen molar-refractivity contribution in [2.45, 2.75) is 97.5 Å². The molecule has 1 aliphatic heterocycles. The van der Waals surface area contributed by atoms with Crippen molar-refractivity contribution in [2.75, 3.05) is 32.7 Å². The minimum Gasteiger partial charge on any atom is -0.393 e. The Morgan fingerprint density at radius 1 is 0.951 bits per heavy atom. The molecule has 9 atom stereocenters. The smallest absolute Gasteiger partial charge is 0.222 e. The normalized spacial score (nSPS) is 40.1. The maximum atomic E-state index is 13.2. The van der Waals surface area contributed by atoms with Crippen LogP contribution in [0.3, 0.4) is 0 Å². The Balaban J connectivity index is 0.976. The fourth-order valence-electron chi connectivity index (χ4n) is 11.0. The summed E-state index contributed by atoms with van der Waals surface area (Å²) in [6.07, 6.45) is 17.8. The van der Waals surface area contributed by atoms with Crippen molar-refractivity contribution in [3.8, 4) is 0 Å². The maximum absolute atomic E-state index is 13.2. The molecule has 1 aromatic carbocycles. The van der Waals surface area contributed by atoms with Crippen molar-refractivity contribution in [1.29, 1.82) is 0 Å². The Morgan fingerprint density at radius 3 is 2.46 bits per heavy atom. The van der Waals surface area contributed by atoms with Crippen LogP contribution in [-0.2, 0) is 4.79 Å². The van der Waals surface area contributed by atoms with Crippen molar-refractivity contribution >= 4 is 12.0 Å². The first-order valence-corrected chi connectivity index (χ1v) is 17.2. The second-order valence-corrected chi connectivity index (χ2v) is 15.3. The van der Waals surface area contributed by atoms with Crippen LogP contribution in [0.25, 0.3) is 6.08 Å². The highest BCUT2D eigenvalue weighted by Gasteiger charge is 2.60. The number of benzene rings is 1. The lowest BCUT2D eigenvalue weighted by molar-refractivity contribution is -0.134. The summed E-state index contributed by atoms with van der Waals surface area (Å²) >= 11 is 0. The maximum Gasteiger partial charge on any atom is 0.222 e. The second-order valence-electron chi connectivity index (χ2n) is 15.3. The Labute approximate surface area is 250 Å². The van der Waals surface area contributed by atoms with Crippen LogP contribution >= 0.6 is 0 Å². The van der Waals surface area contributed by atoms with E-state index >= 15 is 0 Å². The van der Waals surface area contributed by atoms with E-state index < -0.39 is 0 Å². The lowest BCUT2D eigenvalue weighted by Crippen LogP contribution is -2.54. The minimum absolute atomic E-state index is 0.0520. The summed E-state index contributed by atoms with van der Waals surface area (Å²) in [5.41, 5.74) is 2.17. The van der Waals surface area contributed by atoms with Crippen molar-refractivity contribution < 1.29 is 9.90 Å². The third kappa shape index (κ3) is 5.81. The monoisotopic (exact) mass is 560 g/mol. The van der Waals surface area contributed by atoms with Crippen molar-refractivity contribution in [1.82, 2.24) is 9.80 Å². The van der Waals surface area contributed by atoms with Gasteiger partial charge in [0.05, 0.1) is 6.10 Å². The molecular weight excluding hydrogens is 504 g/mol. The Kier molecular flexibility index (Phi) is 8.72. The number of piperazine rings is 1. The predicted octanol–water partition coefficient (Wildman–Crippen LogP) is 7.28. The zero-order chi connectivity index (χ0) is 28.6. The molecule has 0 radical (unpaired) electrons. The van der Waals surface area contributed by atoms with Crippen LogP contribution in [0, 0.1) is 46.3 Å². The molecular formula is C37H56N2O2. The van der Waals surface area contributed by atoms with E-state index in [-0.39, 0.29) is 6.10 Å². The molecule has 1 saturated heterocycles. The fourth-order valence-corrected chi connectivity index (χ4v) is 11.0. The molecule has 1 aromatic rings. The molecule has 0 aromatic heterocycles. The van der Waals surface area contributed by atoms with E-state index in [1.807, 2.05) is 0 Å². The molecule has 1 heterocycles. The molecule has 0 unspecified atom stereocenters. The number of carbonyl (C=O) groups is 1. The first kappa shape index (κ1) is 29.4. The van der Waals surface area contributed by atoms with Gasteiger partial charge in [-0.2, -0.15) is 0 Å². The molecule has 5 aliphatic rings. The van der Waals surface area contributed by atoms with Gasteiger partial charge in [0.2, 0.25) is 5.91 Å². The Bertz CT molecular complexity index is 1060. The largest absolute Gasteiger partial charge is 0.393 e. The third-order valence-corrected chi connectivity index (χ3v) is 13.4. The molecule has 41 heavy (non-hydrogen) atoms. The molecule has 4 heteroatoms. The van der Waals surface area contributed by atoms with E-state index in [0.717, 1.165) is 88.0 Å². The van der Waals surface area contributed by atoms with Crippen LogP contribution < -0.4 is 0 Å². The predicted molar refractivity (Wildman–Crippen MR) is 168 cm³/mol. The van der Waals surface area contributed by atoms with Gasteiger partial charge in [0, 0.05) is 39.1 Å². The van der Waals surface area contributed by atoms with Gasteiger partial charge in [-0.3, -0.25) is 9.69 Å². The molecule has 4 aliphatic carbocycles. The van der Waals surface area contributed by atoms with Gasteiger partial charge < -0.3 is 10.0 Å². The highest BCUT2D eigenvalue weighted by atomic mass is 16.3. The van der Waals surface area contributed by atoms with Crippen LogP contribution in [0.15, 0.2) is 36.4 Å². The number of aliphatic hydroxyl groups is 1. The van der Waals surface area contributed by atoms with Gasteiger partial charge in [-0.1, -0.05) is 63.3 Å². The zero-order valence-electron chi connectivity index (χ0n) is 26.1. The standard InChI is InChI=1S/C37H56N2O2/c1-27(11-16-35(41)39-24-22-38(23-25-39)21-7-10-28-8-5-4-6-9-28)32-14-15-33-31-13-12-29-26-30(40)17-19-36(29,2)34(31)18-20-37(32,33)3/h4-10,27,29-34,40H,11-26H2,1-3H3/b10-7+/t27-,29-,30-,31+,32-,33+,34+,36+,37-/m1/s1. The average molecular weight is 561 g/mol. The van der Waals surface area contributed by atoms with Gasteiger partial charge in [0.15, 0.2) is 0 Å². The molecule has 6 rings (SSSR count). The number of fused-ring (bicyclic) bond motifs is 5. The van der Waals surface area contributed by atoms with Gasteiger partial charge in [-0.15, -0.1) is 0 Å². The van der Waals surface area contributed by atoms with E-state index in [0.29, 0.717) is 22.7 Å². The van der Waals surface area contributed by atoms with Crippen LogP contribution in [-0.4, -0.2) is 59.6 Å². The van der Waals surface area contributed by atoms with Crippen LogP contribution in [0.5, 0.6) is 0 Å². The number of hydrogen-bond acceptors (Lipinski definition) is 3. The van der Waals surface area contributed by atoms with Crippen molar-refractivity contribution in [3.63, 3.8) is 0 Å². The Hall–Kier alpha value is -1.65. The van der Waals surface area contributed by atoms with E-state index in [1.165, 1.54) is 50.5 Å². The molecule has 226 valence electrons. The number of hydrogen-bond donors (Lipinski definition) is 1. The summed E-state index contributed by atoms with van der Waals surface area (Å²) in [4.78, 5) is 17.8. The number of rotatable bonds is 7. The lowest BCUT2D eigenvalue weighted by atomic mass is 9.44. The average Bonchev–Trinajstić information content (AvgIpc) is 3.34. The first-order valence-electron chi connectivity index (χ1n) is 17.2. The summed E-state index contributed by atoms with van der Waals surface area (Å²) in [6.45, 7) is 12.4.